The van der Waals surface area contributed by atoms with E-state index in [4.69, 9.17) is 10.5 Å². The lowest BCUT2D eigenvalue weighted by atomic mass is 10.3. The maximum Gasteiger partial charge on any atom is 0.185 e. The Balaban J connectivity index is 2.64. The van der Waals surface area contributed by atoms with Crippen LogP contribution in [0.2, 0.25) is 0 Å². The molecule has 1 unspecified atom stereocenters. The third-order valence-electron chi connectivity index (χ3n) is 2.16. The monoisotopic (exact) mass is 208 g/mol. The number of nitrogens with two attached hydrogens (primary N) is 1. The van der Waals surface area contributed by atoms with Gasteiger partial charge >= 0.3 is 0 Å². The lowest BCUT2D eigenvalue weighted by Crippen LogP contribution is -2.09. The zero-order chi connectivity index (χ0) is 11.0. The van der Waals surface area contributed by atoms with Crippen LogP contribution in [0.1, 0.15) is 17.5 Å². The Bertz CT molecular complexity index is 494. The van der Waals surface area contributed by atoms with Gasteiger partial charge in [-0.3, -0.25) is 0 Å². The van der Waals surface area contributed by atoms with Crippen molar-refractivity contribution in [3.05, 3.63) is 23.5 Å². The fourth-order valence-corrected chi connectivity index (χ4v) is 1.40. The van der Waals surface area contributed by atoms with E-state index >= 15 is 0 Å². The molecule has 1 atom stereocenters. The maximum absolute atomic E-state index is 9.49. The van der Waals surface area contributed by atoms with E-state index in [0.29, 0.717) is 17.0 Å². The summed E-state index contributed by atoms with van der Waals surface area (Å²) < 4.78 is 6.25. The summed E-state index contributed by atoms with van der Waals surface area (Å²) in [5.74, 6) is 0.336. The Hall–Kier alpha value is -1.66. The van der Waals surface area contributed by atoms with Gasteiger partial charge in [0.15, 0.2) is 11.9 Å². The third-order valence-corrected chi connectivity index (χ3v) is 2.16. The van der Waals surface area contributed by atoms with E-state index in [1.165, 1.54) is 17.8 Å². The molecule has 6 nitrogen and oxygen atoms in total. The van der Waals surface area contributed by atoms with Crippen LogP contribution in [0.25, 0.3) is 5.65 Å². The topological polar surface area (TPSA) is 85.7 Å². The second kappa shape index (κ2) is 3.48. The van der Waals surface area contributed by atoms with Crippen LogP contribution in [0.4, 0.5) is 5.82 Å². The lowest BCUT2D eigenvalue weighted by molar-refractivity contribution is -0.0768. The molecule has 2 aromatic rings. The van der Waals surface area contributed by atoms with Crippen LogP contribution in [-0.2, 0) is 4.74 Å². The van der Waals surface area contributed by atoms with Gasteiger partial charge in [-0.15, -0.1) is 0 Å². The first-order valence-corrected chi connectivity index (χ1v) is 4.45. The highest BCUT2D eigenvalue weighted by Gasteiger charge is 2.14. The zero-order valence-corrected chi connectivity index (χ0v) is 8.51. The molecule has 80 valence electrons. The Morgan fingerprint density at radius 1 is 1.60 bits per heavy atom. The summed E-state index contributed by atoms with van der Waals surface area (Å²) in [7, 11) is 1.39. The molecule has 0 radical (unpaired) electrons. The van der Waals surface area contributed by atoms with Gasteiger partial charge in [0.05, 0.1) is 11.3 Å². The average Bonchev–Trinajstić information content (AvgIpc) is 2.59. The van der Waals surface area contributed by atoms with E-state index in [0.717, 1.165) is 5.69 Å². The Morgan fingerprint density at radius 2 is 2.33 bits per heavy atom. The Kier molecular flexibility index (Phi) is 2.29. The Labute approximate surface area is 86.3 Å². The average molecular weight is 208 g/mol. The quantitative estimate of drug-likeness (QED) is 0.691. The molecule has 0 aromatic carbocycles. The maximum atomic E-state index is 9.49. The highest BCUT2D eigenvalue weighted by Crippen LogP contribution is 2.20. The van der Waals surface area contributed by atoms with Crippen molar-refractivity contribution in [3.8, 4) is 0 Å². The van der Waals surface area contributed by atoms with E-state index < -0.39 is 6.29 Å². The molecular formula is C9H12N4O2. The van der Waals surface area contributed by atoms with Gasteiger partial charge in [-0.2, -0.15) is 9.61 Å². The molecule has 15 heavy (non-hydrogen) atoms. The summed E-state index contributed by atoms with van der Waals surface area (Å²) in [6.07, 6.45) is 0.409. The van der Waals surface area contributed by atoms with Gasteiger partial charge in [-0.05, 0) is 6.92 Å². The second-order valence-corrected chi connectivity index (χ2v) is 3.24. The van der Waals surface area contributed by atoms with Gasteiger partial charge in [0.2, 0.25) is 0 Å². The largest absolute Gasteiger partial charge is 0.383 e. The molecule has 0 saturated carbocycles. The van der Waals surface area contributed by atoms with E-state index in [9.17, 15) is 5.11 Å². The number of ether oxygens (including phenoxy) is 1. The number of anilines is 1. The number of hydrogen-bond acceptors (Lipinski definition) is 5. The van der Waals surface area contributed by atoms with Crippen LogP contribution < -0.4 is 5.73 Å². The molecule has 0 spiro atoms. The van der Waals surface area contributed by atoms with Gasteiger partial charge in [0, 0.05) is 19.4 Å². The molecular weight excluding hydrogens is 196 g/mol. The smallest absolute Gasteiger partial charge is 0.185 e. The molecule has 0 aliphatic rings. The number of aryl methyl sites for hydroxylation is 1. The van der Waals surface area contributed by atoms with Crippen molar-refractivity contribution in [2.24, 2.45) is 0 Å². The molecule has 0 aliphatic heterocycles. The molecule has 0 bridgehead atoms. The van der Waals surface area contributed by atoms with E-state index in [2.05, 4.69) is 10.1 Å². The van der Waals surface area contributed by atoms with Crippen LogP contribution in [0, 0.1) is 6.92 Å². The number of nitrogen functional groups attached to an aromatic ring is 1. The van der Waals surface area contributed by atoms with Crippen LogP contribution in [0.15, 0.2) is 12.3 Å². The van der Waals surface area contributed by atoms with Gasteiger partial charge in [-0.25, -0.2) is 4.98 Å². The van der Waals surface area contributed by atoms with Crippen LogP contribution in [0.3, 0.4) is 0 Å². The number of aromatic nitrogens is 3. The molecule has 2 rings (SSSR count). The molecule has 0 aliphatic carbocycles. The summed E-state index contributed by atoms with van der Waals surface area (Å²) in [5.41, 5.74) is 7.71. The van der Waals surface area contributed by atoms with Crippen molar-refractivity contribution in [3.63, 3.8) is 0 Å². The number of aliphatic hydroxyl groups is 1. The summed E-state index contributed by atoms with van der Waals surface area (Å²) in [5, 5.41) is 13.6. The first kappa shape index (κ1) is 9.88. The molecule has 3 N–H and O–H groups in total. The fraction of sp³-hybridized carbons (Fsp3) is 0.333. The van der Waals surface area contributed by atoms with Gasteiger partial charge in [0.25, 0.3) is 0 Å². The van der Waals surface area contributed by atoms with Crippen molar-refractivity contribution in [1.82, 2.24) is 14.6 Å². The van der Waals surface area contributed by atoms with Crippen molar-refractivity contribution < 1.29 is 9.84 Å². The molecule has 6 heteroatoms. The van der Waals surface area contributed by atoms with Gasteiger partial charge < -0.3 is 15.6 Å². The summed E-state index contributed by atoms with van der Waals surface area (Å²) in [6, 6.07) is 1.80. The number of nitrogens with zero attached hydrogens (tertiary/aromatic N) is 3. The van der Waals surface area contributed by atoms with E-state index in [1.807, 2.05) is 6.92 Å². The van der Waals surface area contributed by atoms with Gasteiger partial charge in [-0.1, -0.05) is 0 Å². The molecule has 0 amide bonds. The highest BCUT2D eigenvalue weighted by molar-refractivity contribution is 5.50. The minimum atomic E-state index is -1.08. The zero-order valence-electron chi connectivity index (χ0n) is 8.51. The normalized spacial score (nSPS) is 13.3. The highest BCUT2D eigenvalue weighted by atomic mass is 16.6. The summed E-state index contributed by atoms with van der Waals surface area (Å²) >= 11 is 0. The van der Waals surface area contributed by atoms with Crippen LogP contribution >= 0.6 is 0 Å². The predicted octanol–water partition coefficient (Wildman–Crippen LogP) is 0.257. The standard InChI is InChI=1S/C9H12N4O2/c1-5-3-7-11-4-6(9(14)15-2)8(10)13(7)12-5/h3-4,9,14H,10H2,1-2H3. The SMILES string of the molecule is COC(O)c1cnc2cc(C)nn2c1N. The number of aliphatic hydroxyl groups excluding tert-OH is 1. The van der Waals surface area contributed by atoms with Crippen molar-refractivity contribution in [1.29, 1.82) is 0 Å². The van der Waals surface area contributed by atoms with Crippen molar-refractivity contribution in [2.45, 2.75) is 13.2 Å². The molecule has 0 saturated heterocycles. The first-order valence-electron chi connectivity index (χ1n) is 4.45. The third kappa shape index (κ3) is 1.53. The summed E-state index contributed by atoms with van der Waals surface area (Å²) in [4.78, 5) is 4.11. The number of fused-ring (bicyclic) bond motifs is 1. The molecule has 2 heterocycles. The molecule has 2 aromatic heterocycles. The number of hydrogen-bond donors (Lipinski definition) is 2. The van der Waals surface area contributed by atoms with Crippen LogP contribution in [0.5, 0.6) is 0 Å². The van der Waals surface area contributed by atoms with Crippen molar-refractivity contribution in [2.75, 3.05) is 12.8 Å². The fourth-order valence-electron chi connectivity index (χ4n) is 1.40. The minimum Gasteiger partial charge on any atom is -0.383 e. The van der Waals surface area contributed by atoms with Crippen molar-refractivity contribution >= 4 is 11.5 Å². The molecule has 0 fully saturated rings. The van der Waals surface area contributed by atoms with E-state index in [-0.39, 0.29) is 0 Å². The van der Waals surface area contributed by atoms with Crippen LogP contribution in [-0.4, -0.2) is 26.8 Å². The minimum absolute atomic E-state index is 0.336. The predicted molar refractivity (Wildman–Crippen MR) is 54.1 cm³/mol. The lowest BCUT2D eigenvalue weighted by Gasteiger charge is -2.11. The second-order valence-electron chi connectivity index (χ2n) is 3.24. The first-order chi connectivity index (χ1) is 7.13. The number of methoxy groups -OCH3 is 1. The Morgan fingerprint density at radius 3 is 3.00 bits per heavy atom. The van der Waals surface area contributed by atoms with E-state index in [1.54, 1.807) is 6.07 Å². The number of rotatable bonds is 2. The van der Waals surface area contributed by atoms with Gasteiger partial charge in [0.1, 0.15) is 5.82 Å². The summed E-state index contributed by atoms with van der Waals surface area (Å²) in [6.45, 7) is 1.85.